The number of benzene rings is 2. The Kier molecular flexibility index (Phi) is 4.51. The summed E-state index contributed by atoms with van der Waals surface area (Å²) in [5.74, 6) is 2.10. The van der Waals surface area contributed by atoms with Gasteiger partial charge in [-0.2, -0.15) is 0 Å². The zero-order valence-electron chi connectivity index (χ0n) is 18.1. The first-order chi connectivity index (χ1) is 14.4. The maximum absolute atomic E-state index is 13.2. The van der Waals surface area contributed by atoms with Crippen LogP contribution < -0.4 is 9.64 Å². The predicted octanol–water partition coefficient (Wildman–Crippen LogP) is 4.99. The van der Waals surface area contributed by atoms with Gasteiger partial charge in [0.25, 0.3) is 5.91 Å². The lowest BCUT2D eigenvalue weighted by Gasteiger charge is -2.48. The maximum atomic E-state index is 13.2. The minimum Gasteiger partial charge on any atom is -0.497 e. The third-order valence-corrected chi connectivity index (χ3v) is 7.39. The SMILES string of the molecule is COc1ccc(N2C(=O)[C@@H](OCc3ccccc3)[C@H]2C2=C(C)C[C@H]3[C@@H]2C3(C)C)cc1. The van der Waals surface area contributed by atoms with Gasteiger partial charge in [-0.15, -0.1) is 0 Å². The maximum Gasteiger partial charge on any atom is 0.259 e. The van der Waals surface area contributed by atoms with E-state index < -0.39 is 6.10 Å². The topological polar surface area (TPSA) is 38.8 Å². The van der Waals surface area contributed by atoms with E-state index in [1.807, 2.05) is 59.5 Å². The van der Waals surface area contributed by atoms with Gasteiger partial charge in [-0.25, -0.2) is 0 Å². The smallest absolute Gasteiger partial charge is 0.259 e. The molecule has 1 heterocycles. The highest BCUT2D eigenvalue weighted by Gasteiger charge is 2.67. The van der Waals surface area contributed by atoms with E-state index >= 15 is 0 Å². The molecule has 1 saturated carbocycles. The molecule has 1 saturated heterocycles. The van der Waals surface area contributed by atoms with Crippen LogP contribution >= 0.6 is 0 Å². The van der Waals surface area contributed by atoms with Crippen molar-refractivity contribution in [2.75, 3.05) is 12.0 Å². The second-order valence-electron chi connectivity index (χ2n) is 9.41. The van der Waals surface area contributed by atoms with Crippen LogP contribution in [0, 0.1) is 17.3 Å². The molecule has 0 radical (unpaired) electrons. The molecular weight excluding hydrogens is 374 g/mol. The summed E-state index contributed by atoms with van der Waals surface area (Å²) in [5.41, 5.74) is 5.19. The highest BCUT2D eigenvalue weighted by Crippen LogP contribution is 2.70. The van der Waals surface area contributed by atoms with Gasteiger partial charge in [0.05, 0.1) is 19.8 Å². The number of nitrogens with zero attached hydrogens (tertiary/aromatic N) is 1. The highest BCUT2D eigenvalue weighted by molar-refractivity contribution is 6.06. The summed E-state index contributed by atoms with van der Waals surface area (Å²) in [6, 6.07) is 17.8. The third kappa shape index (κ3) is 2.89. The zero-order chi connectivity index (χ0) is 21.0. The molecule has 2 fully saturated rings. The fourth-order valence-electron chi connectivity index (χ4n) is 5.61. The summed E-state index contributed by atoms with van der Waals surface area (Å²) in [4.78, 5) is 15.2. The van der Waals surface area contributed by atoms with Crippen molar-refractivity contribution in [1.82, 2.24) is 0 Å². The molecule has 0 spiro atoms. The molecule has 4 heteroatoms. The van der Waals surface area contributed by atoms with Crippen molar-refractivity contribution in [3.63, 3.8) is 0 Å². The van der Waals surface area contributed by atoms with Crippen LogP contribution in [-0.2, 0) is 16.1 Å². The standard InChI is InChI=1S/C26H29NO3/c1-16-14-20-22(26(20,2)3)21(16)23-24(30-15-17-8-6-5-7-9-17)25(28)27(23)18-10-12-19(29-4)13-11-18/h5-13,20,22-24H,14-15H2,1-4H3/t20-,22-,23+,24-/m0/s1. The molecule has 2 aromatic rings. The number of hydrogen-bond acceptors (Lipinski definition) is 3. The van der Waals surface area contributed by atoms with E-state index in [9.17, 15) is 4.79 Å². The molecular formula is C26H29NO3. The minimum atomic E-state index is -0.424. The fourth-order valence-corrected chi connectivity index (χ4v) is 5.61. The Morgan fingerprint density at radius 3 is 2.40 bits per heavy atom. The van der Waals surface area contributed by atoms with Gasteiger partial charge >= 0.3 is 0 Å². The van der Waals surface area contributed by atoms with Gasteiger partial charge in [0.2, 0.25) is 0 Å². The molecule has 4 atom stereocenters. The number of β-lactam (4-membered cyclic amide) rings is 1. The number of anilines is 1. The van der Waals surface area contributed by atoms with Crippen molar-refractivity contribution < 1.29 is 14.3 Å². The predicted molar refractivity (Wildman–Crippen MR) is 117 cm³/mol. The number of carbonyl (C=O) groups excluding carboxylic acids is 1. The first kappa shape index (κ1) is 19.4. The average Bonchev–Trinajstić information content (AvgIpc) is 3.08. The molecule has 5 rings (SSSR count). The Balaban J connectivity index is 1.45. The van der Waals surface area contributed by atoms with Crippen LogP contribution in [0.2, 0.25) is 0 Å². The number of fused-ring (bicyclic) bond motifs is 1. The number of ether oxygens (including phenoxy) is 2. The van der Waals surface area contributed by atoms with Crippen LogP contribution in [0.25, 0.3) is 0 Å². The van der Waals surface area contributed by atoms with Crippen molar-refractivity contribution in [2.45, 2.75) is 45.9 Å². The number of amides is 1. The largest absolute Gasteiger partial charge is 0.497 e. The van der Waals surface area contributed by atoms with E-state index in [0.29, 0.717) is 23.9 Å². The van der Waals surface area contributed by atoms with Gasteiger partial charge in [0, 0.05) is 5.69 Å². The molecule has 4 nitrogen and oxygen atoms in total. The van der Waals surface area contributed by atoms with E-state index in [1.165, 1.54) is 11.1 Å². The minimum absolute atomic E-state index is 0.0219. The molecule has 0 aromatic heterocycles. The molecule has 0 unspecified atom stereocenters. The van der Waals surface area contributed by atoms with Crippen LogP contribution in [0.3, 0.4) is 0 Å². The molecule has 3 aliphatic rings. The van der Waals surface area contributed by atoms with Gasteiger partial charge in [-0.05, 0) is 66.0 Å². The van der Waals surface area contributed by atoms with Crippen molar-refractivity contribution in [1.29, 1.82) is 0 Å². The van der Waals surface area contributed by atoms with Crippen LogP contribution in [0.15, 0.2) is 65.7 Å². The molecule has 30 heavy (non-hydrogen) atoms. The van der Waals surface area contributed by atoms with E-state index in [-0.39, 0.29) is 11.9 Å². The van der Waals surface area contributed by atoms with Gasteiger partial charge in [0.1, 0.15) is 5.75 Å². The fraction of sp³-hybridized carbons (Fsp3) is 0.423. The van der Waals surface area contributed by atoms with Gasteiger partial charge in [0.15, 0.2) is 6.10 Å². The van der Waals surface area contributed by atoms with Gasteiger partial charge in [-0.1, -0.05) is 49.8 Å². The highest BCUT2D eigenvalue weighted by atomic mass is 16.5. The monoisotopic (exact) mass is 403 g/mol. The number of allylic oxidation sites excluding steroid dienone is 1. The molecule has 156 valence electrons. The van der Waals surface area contributed by atoms with Crippen LogP contribution in [0.1, 0.15) is 32.8 Å². The Labute approximate surface area is 178 Å². The summed E-state index contributed by atoms with van der Waals surface area (Å²) in [6.45, 7) is 7.40. The van der Waals surface area contributed by atoms with Crippen LogP contribution in [0.5, 0.6) is 5.75 Å². The normalized spacial score (nSPS) is 28.9. The number of rotatable bonds is 6. The molecule has 0 bridgehead atoms. The van der Waals surface area contributed by atoms with Crippen molar-refractivity contribution in [3.05, 3.63) is 71.3 Å². The molecule has 2 aliphatic carbocycles. The number of hydrogen-bond donors (Lipinski definition) is 0. The van der Waals surface area contributed by atoms with Crippen LogP contribution in [-0.4, -0.2) is 25.2 Å². The van der Waals surface area contributed by atoms with Gasteiger partial charge in [-0.3, -0.25) is 9.69 Å². The summed E-state index contributed by atoms with van der Waals surface area (Å²) in [6.07, 6.45) is 0.715. The Morgan fingerprint density at radius 2 is 1.77 bits per heavy atom. The lowest BCUT2D eigenvalue weighted by molar-refractivity contribution is -0.142. The van der Waals surface area contributed by atoms with E-state index in [0.717, 1.165) is 23.4 Å². The average molecular weight is 404 g/mol. The lowest BCUT2D eigenvalue weighted by Crippen LogP contribution is -2.67. The van der Waals surface area contributed by atoms with Crippen molar-refractivity contribution >= 4 is 11.6 Å². The Morgan fingerprint density at radius 1 is 1.07 bits per heavy atom. The van der Waals surface area contributed by atoms with Gasteiger partial charge < -0.3 is 9.47 Å². The summed E-state index contributed by atoms with van der Waals surface area (Å²) < 4.78 is 11.5. The number of carbonyl (C=O) groups is 1. The second kappa shape index (κ2) is 6.98. The van der Waals surface area contributed by atoms with Crippen molar-refractivity contribution in [3.8, 4) is 5.75 Å². The van der Waals surface area contributed by atoms with E-state index in [2.05, 4.69) is 20.8 Å². The van der Waals surface area contributed by atoms with Crippen molar-refractivity contribution in [2.24, 2.45) is 17.3 Å². The zero-order valence-corrected chi connectivity index (χ0v) is 18.1. The second-order valence-corrected chi connectivity index (χ2v) is 9.41. The molecule has 1 aliphatic heterocycles. The number of methoxy groups -OCH3 is 1. The first-order valence-electron chi connectivity index (χ1n) is 10.8. The van der Waals surface area contributed by atoms with Crippen LogP contribution in [0.4, 0.5) is 5.69 Å². The Bertz CT molecular complexity index is 993. The van der Waals surface area contributed by atoms with E-state index in [1.54, 1.807) is 7.11 Å². The third-order valence-electron chi connectivity index (χ3n) is 7.39. The Hall–Kier alpha value is -2.59. The first-order valence-corrected chi connectivity index (χ1v) is 10.8. The van der Waals surface area contributed by atoms with E-state index in [4.69, 9.17) is 9.47 Å². The quantitative estimate of drug-likeness (QED) is 0.504. The summed E-state index contributed by atoms with van der Waals surface area (Å²) in [5, 5.41) is 0. The summed E-state index contributed by atoms with van der Waals surface area (Å²) >= 11 is 0. The lowest BCUT2D eigenvalue weighted by atomic mass is 9.82. The molecule has 2 aromatic carbocycles. The molecule has 1 amide bonds. The summed E-state index contributed by atoms with van der Waals surface area (Å²) in [7, 11) is 1.65. The molecule has 0 N–H and O–H groups in total.